The summed E-state index contributed by atoms with van der Waals surface area (Å²) >= 11 is 0. The minimum atomic E-state index is 0.310. The SMILES string of the molecule is Cc1nc(C2CCCN2Cc2cccc(-c3ccc(C)o3)c2)n[nH]1. The van der Waals surface area contributed by atoms with Crippen LogP contribution in [-0.4, -0.2) is 26.6 Å². The second kappa shape index (κ2) is 6.24. The number of aromatic nitrogens is 3. The largest absolute Gasteiger partial charge is 0.461 e. The van der Waals surface area contributed by atoms with E-state index in [1.165, 1.54) is 12.0 Å². The summed E-state index contributed by atoms with van der Waals surface area (Å²) in [6, 6.07) is 12.9. The van der Waals surface area contributed by atoms with Gasteiger partial charge in [-0.2, -0.15) is 5.10 Å². The third-order valence-corrected chi connectivity index (χ3v) is 4.61. The Morgan fingerprint density at radius 1 is 1.25 bits per heavy atom. The average molecular weight is 322 g/mol. The highest BCUT2D eigenvalue weighted by atomic mass is 16.3. The summed E-state index contributed by atoms with van der Waals surface area (Å²) in [5.41, 5.74) is 2.42. The van der Waals surface area contributed by atoms with Crippen molar-refractivity contribution in [1.82, 2.24) is 20.1 Å². The van der Waals surface area contributed by atoms with Gasteiger partial charge in [0.05, 0.1) is 6.04 Å². The number of likely N-dealkylation sites (tertiary alicyclic amines) is 1. The van der Waals surface area contributed by atoms with Gasteiger partial charge in [-0.15, -0.1) is 0 Å². The van der Waals surface area contributed by atoms with E-state index in [0.29, 0.717) is 6.04 Å². The van der Waals surface area contributed by atoms with Gasteiger partial charge in [-0.1, -0.05) is 18.2 Å². The highest BCUT2D eigenvalue weighted by molar-refractivity contribution is 5.58. The van der Waals surface area contributed by atoms with E-state index < -0.39 is 0 Å². The topological polar surface area (TPSA) is 58.0 Å². The first-order chi connectivity index (χ1) is 11.7. The normalized spacial score (nSPS) is 18.3. The molecule has 1 aliphatic rings. The second-order valence-corrected chi connectivity index (χ2v) is 6.52. The molecule has 3 aromatic rings. The molecule has 1 unspecified atom stereocenters. The molecule has 5 nitrogen and oxygen atoms in total. The van der Waals surface area contributed by atoms with Gasteiger partial charge < -0.3 is 4.42 Å². The lowest BCUT2D eigenvalue weighted by atomic mass is 10.1. The van der Waals surface area contributed by atoms with E-state index >= 15 is 0 Å². The van der Waals surface area contributed by atoms with Crippen LogP contribution in [0.3, 0.4) is 0 Å². The first-order valence-electron chi connectivity index (χ1n) is 8.48. The second-order valence-electron chi connectivity index (χ2n) is 6.52. The number of rotatable bonds is 4. The smallest absolute Gasteiger partial charge is 0.167 e. The molecule has 0 saturated carbocycles. The van der Waals surface area contributed by atoms with Crippen LogP contribution in [0.4, 0.5) is 0 Å². The molecule has 1 saturated heterocycles. The molecular formula is C19H22N4O. The van der Waals surface area contributed by atoms with Crippen LogP contribution in [-0.2, 0) is 6.54 Å². The standard InChI is InChI=1S/C19H22N4O/c1-13-8-9-18(24-13)16-6-3-5-15(11-16)12-23-10-4-7-17(23)19-20-14(2)21-22-19/h3,5-6,8-9,11,17H,4,7,10,12H2,1-2H3,(H,20,21,22). The average Bonchev–Trinajstić information content (AvgIpc) is 3.29. The fourth-order valence-corrected chi connectivity index (χ4v) is 3.46. The van der Waals surface area contributed by atoms with Crippen LogP contribution < -0.4 is 0 Å². The number of benzene rings is 1. The number of hydrogen-bond donors (Lipinski definition) is 1. The molecule has 0 amide bonds. The summed E-state index contributed by atoms with van der Waals surface area (Å²) in [4.78, 5) is 7.00. The lowest BCUT2D eigenvalue weighted by Gasteiger charge is -2.22. The first kappa shape index (κ1) is 15.1. The zero-order valence-corrected chi connectivity index (χ0v) is 14.1. The molecule has 0 spiro atoms. The van der Waals surface area contributed by atoms with Crippen molar-refractivity contribution in [2.45, 2.75) is 39.3 Å². The maximum absolute atomic E-state index is 5.75. The molecule has 1 fully saturated rings. The quantitative estimate of drug-likeness (QED) is 0.788. The lowest BCUT2D eigenvalue weighted by molar-refractivity contribution is 0.240. The van der Waals surface area contributed by atoms with Crippen molar-refractivity contribution >= 4 is 0 Å². The summed E-state index contributed by atoms with van der Waals surface area (Å²) in [6.07, 6.45) is 2.31. The van der Waals surface area contributed by atoms with E-state index in [1.807, 2.05) is 26.0 Å². The van der Waals surface area contributed by atoms with Crippen LogP contribution in [0, 0.1) is 13.8 Å². The fourth-order valence-electron chi connectivity index (χ4n) is 3.46. The van der Waals surface area contributed by atoms with Crippen molar-refractivity contribution in [1.29, 1.82) is 0 Å². The summed E-state index contributed by atoms with van der Waals surface area (Å²) in [5, 5.41) is 7.33. The number of aromatic amines is 1. The van der Waals surface area contributed by atoms with Gasteiger partial charge in [0.15, 0.2) is 5.82 Å². The minimum Gasteiger partial charge on any atom is -0.461 e. The molecule has 1 N–H and O–H groups in total. The Morgan fingerprint density at radius 2 is 2.17 bits per heavy atom. The Hall–Kier alpha value is -2.40. The van der Waals surface area contributed by atoms with E-state index in [-0.39, 0.29) is 0 Å². The van der Waals surface area contributed by atoms with Crippen molar-refractivity contribution in [2.24, 2.45) is 0 Å². The summed E-state index contributed by atoms with van der Waals surface area (Å²) in [7, 11) is 0. The highest BCUT2D eigenvalue weighted by Gasteiger charge is 2.29. The molecule has 124 valence electrons. The van der Waals surface area contributed by atoms with Crippen LogP contribution in [0.15, 0.2) is 40.8 Å². The summed E-state index contributed by atoms with van der Waals surface area (Å²) in [6.45, 7) is 5.92. The molecule has 1 atom stereocenters. The van der Waals surface area contributed by atoms with Gasteiger partial charge in [0, 0.05) is 12.1 Å². The summed E-state index contributed by atoms with van der Waals surface area (Å²) in [5.74, 6) is 3.67. The zero-order chi connectivity index (χ0) is 16.5. The van der Waals surface area contributed by atoms with E-state index in [2.05, 4.69) is 44.3 Å². The van der Waals surface area contributed by atoms with Crippen molar-refractivity contribution in [3.63, 3.8) is 0 Å². The molecule has 0 radical (unpaired) electrons. The molecule has 3 heterocycles. The number of hydrogen-bond acceptors (Lipinski definition) is 4. The zero-order valence-electron chi connectivity index (χ0n) is 14.1. The van der Waals surface area contributed by atoms with Gasteiger partial charge in [-0.3, -0.25) is 10.00 Å². The van der Waals surface area contributed by atoms with E-state index in [0.717, 1.165) is 48.2 Å². The van der Waals surface area contributed by atoms with Gasteiger partial charge in [-0.05, 0) is 57.0 Å². The van der Waals surface area contributed by atoms with Crippen molar-refractivity contribution < 1.29 is 4.42 Å². The Morgan fingerprint density at radius 3 is 2.92 bits per heavy atom. The molecular weight excluding hydrogens is 300 g/mol. The maximum Gasteiger partial charge on any atom is 0.167 e. The number of furan rings is 1. The number of aryl methyl sites for hydroxylation is 2. The highest BCUT2D eigenvalue weighted by Crippen LogP contribution is 2.32. The Bertz CT molecular complexity index is 835. The number of nitrogens with one attached hydrogen (secondary N) is 1. The number of nitrogens with zero attached hydrogens (tertiary/aromatic N) is 3. The predicted octanol–water partition coefficient (Wildman–Crippen LogP) is 4.02. The van der Waals surface area contributed by atoms with Crippen LogP contribution >= 0.6 is 0 Å². The molecule has 1 aromatic carbocycles. The first-order valence-corrected chi connectivity index (χ1v) is 8.48. The third-order valence-electron chi connectivity index (χ3n) is 4.61. The Balaban J connectivity index is 1.54. The summed E-state index contributed by atoms with van der Waals surface area (Å²) < 4.78 is 5.75. The molecule has 1 aliphatic heterocycles. The molecule has 24 heavy (non-hydrogen) atoms. The van der Waals surface area contributed by atoms with Gasteiger partial charge in [0.2, 0.25) is 0 Å². The van der Waals surface area contributed by atoms with Crippen LogP contribution in [0.5, 0.6) is 0 Å². The monoisotopic (exact) mass is 322 g/mol. The van der Waals surface area contributed by atoms with E-state index in [9.17, 15) is 0 Å². The molecule has 0 bridgehead atoms. The van der Waals surface area contributed by atoms with E-state index in [4.69, 9.17) is 4.42 Å². The van der Waals surface area contributed by atoms with Crippen molar-refractivity contribution in [2.75, 3.05) is 6.54 Å². The van der Waals surface area contributed by atoms with Gasteiger partial charge in [0.1, 0.15) is 17.3 Å². The fraction of sp³-hybridized carbons (Fsp3) is 0.368. The molecule has 0 aliphatic carbocycles. The number of H-pyrrole nitrogens is 1. The van der Waals surface area contributed by atoms with Crippen LogP contribution in [0.25, 0.3) is 11.3 Å². The van der Waals surface area contributed by atoms with Gasteiger partial charge in [-0.25, -0.2) is 4.98 Å². The molecule has 5 heteroatoms. The minimum absolute atomic E-state index is 0.310. The van der Waals surface area contributed by atoms with Crippen LogP contribution in [0.1, 0.15) is 41.9 Å². The molecule has 4 rings (SSSR count). The maximum atomic E-state index is 5.75. The van der Waals surface area contributed by atoms with Crippen molar-refractivity contribution in [3.05, 3.63) is 59.4 Å². The van der Waals surface area contributed by atoms with E-state index in [1.54, 1.807) is 0 Å². The third kappa shape index (κ3) is 2.99. The molecule has 2 aromatic heterocycles. The Labute approximate surface area is 141 Å². The van der Waals surface area contributed by atoms with Gasteiger partial charge in [0.25, 0.3) is 0 Å². The van der Waals surface area contributed by atoms with Crippen molar-refractivity contribution in [3.8, 4) is 11.3 Å². The van der Waals surface area contributed by atoms with Gasteiger partial charge >= 0.3 is 0 Å². The Kier molecular flexibility index (Phi) is 3.94. The lowest BCUT2D eigenvalue weighted by Crippen LogP contribution is -2.23. The van der Waals surface area contributed by atoms with Crippen LogP contribution in [0.2, 0.25) is 0 Å². The predicted molar refractivity (Wildman–Crippen MR) is 92.4 cm³/mol.